The van der Waals surface area contributed by atoms with E-state index in [1.165, 1.54) is 18.2 Å². The number of likely N-dealkylation sites (tertiary alicyclic amines) is 1. The maximum Gasteiger partial charge on any atom is 0.240 e. The van der Waals surface area contributed by atoms with Crippen molar-refractivity contribution >= 4 is 35.2 Å². The highest BCUT2D eigenvalue weighted by molar-refractivity contribution is 6.06. The fourth-order valence-corrected chi connectivity index (χ4v) is 4.05. The molecule has 1 aromatic carbocycles. The molecule has 5 N–H and O–H groups in total. The highest BCUT2D eigenvalue weighted by Gasteiger charge is 2.47. The first-order valence-corrected chi connectivity index (χ1v) is 14.1. The summed E-state index contributed by atoms with van der Waals surface area (Å²) >= 11 is 0. The number of phenols is 1. The summed E-state index contributed by atoms with van der Waals surface area (Å²) in [6.07, 6.45) is 1.52. The molecule has 11 nitrogen and oxygen atoms in total. The summed E-state index contributed by atoms with van der Waals surface area (Å²) in [6, 6.07) is 4.33. The Morgan fingerprint density at radius 1 is 0.950 bits per heavy atom. The van der Waals surface area contributed by atoms with Crippen molar-refractivity contribution in [3.8, 4) is 5.75 Å². The molecule has 2 rings (SSSR count). The highest BCUT2D eigenvalue weighted by Crippen LogP contribution is 2.41. The number of rotatable bonds is 13. The van der Waals surface area contributed by atoms with Crippen LogP contribution in [0.3, 0.4) is 0 Å². The number of nitrogens with zero attached hydrogens (tertiary/aromatic N) is 1. The summed E-state index contributed by atoms with van der Waals surface area (Å²) < 4.78 is 0. The van der Waals surface area contributed by atoms with Gasteiger partial charge < -0.3 is 26.2 Å². The van der Waals surface area contributed by atoms with Crippen LogP contribution in [-0.4, -0.2) is 64.3 Å². The highest BCUT2D eigenvalue weighted by atomic mass is 16.3. The zero-order chi connectivity index (χ0) is 30.9. The van der Waals surface area contributed by atoms with Crippen LogP contribution in [0.4, 0.5) is 5.69 Å². The van der Waals surface area contributed by atoms with Crippen molar-refractivity contribution in [3.05, 3.63) is 23.8 Å². The summed E-state index contributed by atoms with van der Waals surface area (Å²) in [5, 5.41) is 26.5. The summed E-state index contributed by atoms with van der Waals surface area (Å²) in [5.41, 5.74) is 0.393. The van der Waals surface area contributed by atoms with Crippen LogP contribution in [0.15, 0.2) is 18.2 Å². The van der Waals surface area contributed by atoms with Crippen LogP contribution in [0, 0.1) is 11.3 Å². The molecule has 1 atom stereocenters. The van der Waals surface area contributed by atoms with Gasteiger partial charge in [-0.15, -0.1) is 0 Å². The monoisotopic (exact) mass is 564 g/mol. The Kier molecular flexibility index (Phi) is 17.1. The van der Waals surface area contributed by atoms with E-state index in [0.29, 0.717) is 5.56 Å². The van der Waals surface area contributed by atoms with Gasteiger partial charge in [0.1, 0.15) is 12.3 Å². The van der Waals surface area contributed by atoms with Gasteiger partial charge in [-0.1, -0.05) is 54.5 Å². The fourth-order valence-electron chi connectivity index (χ4n) is 4.05. The average molecular weight is 565 g/mol. The molecule has 11 heteroatoms. The van der Waals surface area contributed by atoms with E-state index in [2.05, 4.69) is 16.0 Å². The molecule has 1 fully saturated rings. The molecule has 1 aromatic rings. The molecule has 40 heavy (non-hydrogen) atoms. The summed E-state index contributed by atoms with van der Waals surface area (Å²) in [5.74, 6) is -2.60. The van der Waals surface area contributed by atoms with E-state index < -0.39 is 17.7 Å². The number of hydrogen-bond acceptors (Lipinski definition) is 7. The van der Waals surface area contributed by atoms with Gasteiger partial charge in [0, 0.05) is 32.4 Å². The number of hydrogen-bond donors (Lipinski definition) is 5. The Labute approximate surface area is 238 Å². The molecule has 0 bridgehead atoms. The lowest BCUT2D eigenvalue weighted by Gasteiger charge is -2.31. The summed E-state index contributed by atoms with van der Waals surface area (Å²) in [7, 11) is 0. The number of anilines is 1. The van der Waals surface area contributed by atoms with Gasteiger partial charge in [0.25, 0.3) is 0 Å². The van der Waals surface area contributed by atoms with Crippen LogP contribution < -0.4 is 16.0 Å². The molecule has 0 aromatic heterocycles. The Hall–Kier alpha value is -3.47. The lowest BCUT2D eigenvalue weighted by molar-refractivity contribution is -0.144. The van der Waals surface area contributed by atoms with Crippen LogP contribution in [0.25, 0.3) is 0 Å². The molecule has 226 valence electrons. The van der Waals surface area contributed by atoms with Crippen LogP contribution in [0.2, 0.25) is 0 Å². The molecular weight excluding hydrogens is 516 g/mol. The van der Waals surface area contributed by atoms with Gasteiger partial charge in [-0.2, -0.15) is 0 Å². The second kappa shape index (κ2) is 18.8. The minimum absolute atomic E-state index is 0.0139. The van der Waals surface area contributed by atoms with Crippen LogP contribution >= 0.6 is 0 Å². The van der Waals surface area contributed by atoms with E-state index in [1.807, 2.05) is 48.5 Å². The number of aliphatic hydroxyl groups excluding tert-OH is 1. The maximum absolute atomic E-state index is 12.7. The third kappa shape index (κ3) is 11.0. The number of aliphatic hydroxyl groups is 1. The Bertz CT molecular complexity index is 993. The molecule has 5 amide bonds. The van der Waals surface area contributed by atoms with Crippen molar-refractivity contribution < 1.29 is 34.2 Å². The van der Waals surface area contributed by atoms with Gasteiger partial charge >= 0.3 is 0 Å². The molecule has 1 unspecified atom stereocenters. The zero-order valence-corrected chi connectivity index (χ0v) is 25.1. The predicted octanol–water partition coefficient (Wildman–Crippen LogP) is 3.09. The maximum atomic E-state index is 12.7. The molecule has 1 heterocycles. The second-order valence-corrected chi connectivity index (χ2v) is 9.19. The lowest BCUT2D eigenvalue weighted by atomic mass is 9.72. The van der Waals surface area contributed by atoms with Crippen molar-refractivity contribution in [2.24, 2.45) is 11.3 Å². The van der Waals surface area contributed by atoms with Crippen LogP contribution in [-0.2, 0) is 30.6 Å². The average Bonchev–Trinajstić information content (AvgIpc) is 3.24. The van der Waals surface area contributed by atoms with Crippen molar-refractivity contribution in [2.45, 2.75) is 87.2 Å². The molecule has 0 aliphatic carbocycles. The summed E-state index contributed by atoms with van der Waals surface area (Å²) in [6.45, 7) is 13.4. The van der Waals surface area contributed by atoms with E-state index in [1.54, 1.807) is 0 Å². The zero-order valence-electron chi connectivity index (χ0n) is 25.1. The van der Waals surface area contributed by atoms with Gasteiger partial charge in [0.15, 0.2) is 0 Å². The molecular formula is C29H48N4O7. The van der Waals surface area contributed by atoms with E-state index in [9.17, 15) is 29.1 Å². The second-order valence-electron chi connectivity index (χ2n) is 9.19. The molecule has 1 aliphatic rings. The van der Waals surface area contributed by atoms with Gasteiger partial charge in [0.2, 0.25) is 29.5 Å². The van der Waals surface area contributed by atoms with Crippen molar-refractivity contribution in [3.63, 3.8) is 0 Å². The first-order valence-electron chi connectivity index (χ1n) is 14.1. The fraction of sp³-hybridized carbons (Fsp3) is 0.621. The van der Waals surface area contributed by atoms with Gasteiger partial charge in [-0.25, -0.2) is 0 Å². The Morgan fingerprint density at radius 3 is 2.05 bits per heavy atom. The first kappa shape index (κ1) is 36.5. The smallest absolute Gasteiger partial charge is 0.240 e. The number of phenolic OH excluding ortho intramolecular Hbond substituents is 1. The molecule has 0 saturated carbocycles. The number of carbonyl (C=O) groups is 5. The third-order valence-electron chi connectivity index (χ3n) is 6.87. The largest absolute Gasteiger partial charge is 0.506 e. The van der Waals surface area contributed by atoms with Gasteiger partial charge in [-0.05, 0) is 36.0 Å². The Morgan fingerprint density at radius 2 is 1.50 bits per heavy atom. The van der Waals surface area contributed by atoms with Crippen molar-refractivity contribution in [1.29, 1.82) is 0 Å². The Balaban J connectivity index is 0.00000363. The van der Waals surface area contributed by atoms with E-state index >= 15 is 0 Å². The number of amides is 5. The van der Waals surface area contributed by atoms with E-state index in [-0.39, 0.29) is 80.1 Å². The first-order chi connectivity index (χ1) is 19.0. The van der Waals surface area contributed by atoms with Crippen LogP contribution in [0.5, 0.6) is 5.75 Å². The van der Waals surface area contributed by atoms with Gasteiger partial charge in [0.05, 0.1) is 18.2 Å². The SMILES string of the molecule is CC.CC.CCC(C)(CC)C1CC(=O)N(CC(=O)NCCC(=O)NCCC(=O)Nc2cc(CO)ccc2O)C1=O. The van der Waals surface area contributed by atoms with Crippen LogP contribution in [0.1, 0.15) is 86.1 Å². The van der Waals surface area contributed by atoms with E-state index in [4.69, 9.17) is 5.11 Å². The molecule has 1 aliphatic heterocycles. The lowest BCUT2D eigenvalue weighted by Crippen LogP contribution is -2.43. The molecule has 1 saturated heterocycles. The number of benzene rings is 1. The predicted molar refractivity (Wildman–Crippen MR) is 154 cm³/mol. The number of nitrogens with one attached hydrogen (secondary N) is 3. The quantitative estimate of drug-likeness (QED) is 0.181. The molecule has 0 spiro atoms. The van der Waals surface area contributed by atoms with E-state index in [0.717, 1.165) is 17.7 Å². The standard InChI is InChI=1S/C25H36N4O7.2C2H6/c1-4-25(3,5-2)17-13-23(35)29(24(17)36)14-22(34)27-10-8-20(32)26-11-9-21(33)28-18-12-16(15-30)6-7-19(18)31;2*1-2/h6-7,12,17,30-31H,4-5,8-11,13-15H2,1-3H3,(H,26,32)(H,27,34)(H,28,33);2*1-2H3. The minimum atomic E-state index is -0.524. The third-order valence-corrected chi connectivity index (χ3v) is 6.87. The number of imide groups is 1. The normalized spacial score (nSPS) is 14.4. The number of aromatic hydroxyl groups is 1. The molecule has 0 radical (unpaired) electrons. The topological polar surface area (TPSA) is 165 Å². The van der Waals surface area contributed by atoms with Gasteiger partial charge in [-0.3, -0.25) is 28.9 Å². The van der Waals surface area contributed by atoms with Crippen molar-refractivity contribution in [2.75, 3.05) is 25.0 Å². The van der Waals surface area contributed by atoms with Crippen molar-refractivity contribution in [1.82, 2.24) is 15.5 Å². The summed E-state index contributed by atoms with van der Waals surface area (Å²) in [4.78, 5) is 62.3. The minimum Gasteiger partial charge on any atom is -0.506 e. The number of carbonyl (C=O) groups excluding carboxylic acids is 5.